The van der Waals surface area contributed by atoms with Gasteiger partial charge in [0.15, 0.2) is 0 Å². The Kier molecular flexibility index (Phi) is 5.94. The lowest BCUT2D eigenvalue weighted by Gasteiger charge is -2.32. The molecule has 3 rings (SSSR count). The number of hydrogen-bond acceptors (Lipinski definition) is 2. The molecule has 0 aliphatic carbocycles. The first-order chi connectivity index (χ1) is 12.6. The van der Waals surface area contributed by atoms with E-state index in [1.165, 1.54) is 0 Å². The van der Waals surface area contributed by atoms with E-state index in [1.807, 2.05) is 59.5 Å². The summed E-state index contributed by atoms with van der Waals surface area (Å²) in [5.41, 5.74) is 7.41. The summed E-state index contributed by atoms with van der Waals surface area (Å²) in [6.45, 7) is 1.16. The summed E-state index contributed by atoms with van der Waals surface area (Å²) in [7, 11) is 0. The fraction of sp³-hybridized carbons (Fsp3) is 0.333. The van der Waals surface area contributed by atoms with Crippen molar-refractivity contribution in [2.75, 3.05) is 13.1 Å². The number of hydrogen-bond donors (Lipinski definition) is 1. The first-order valence-electron chi connectivity index (χ1n) is 8.92. The molecule has 1 unspecified atom stereocenters. The number of benzene rings is 2. The minimum atomic E-state index is -0.268. The normalized spacial score (nSPS) is 16.3. The Morgan fingerprint density at radius 2 is 1.65 bits per heavy atom. The third-order valence-corrected chi connectivity index (χ3v) is 5.46. The maximum Gasteiger partial charge on any atom is 0.223 e. The van der Waals surface area contributed by atoms with Crippen LogP contribution in [0.3, 0.4) is 0 Å². The highest BCUT2D eigenvalue weighted by atomic mass is 35.5. The van der Waals surface area contributed by atoms with Gasteiger partial charge in [-0.2, -0.15) is 0 Å². The van der Waals surface area contributed by atoms with E-state index in [1.54, 1.807) is 0 Å². The van der Waals surface area contributed by atoms with Crippen LogP contribution in [-0.2, 0) is 9.59 Å². The summed E-state index contributed by atoms with van der Waals surface area (Å²) >= 11 is 6.42. The fourth-order valence-electron chi connectivity index (χ4n) is 3.57. The molecule has 4 nitrogen and oxygen atoms in total. The van der Waals surface area contributed by atoms with Crippen molar-refractivity contribution in [2.45, 2.75) is 25.2 Å². The van der Waals surface area contributed by atoms with Gasteiger partial charge in [0.05, 0.1) is 0 Å². The second-order valence-electron chi connectivity index (χ2n) is 6.75. The van der Waals surface area contributed by atoms with Gasteiger partial charge in [-0.25, -0.2) is 0 Å². The molecule has 26 heavy (non-hydrogen) atoms. The van der Waals surface area contributed by atoms with Gasteiger partial charge < -0.3 is 10.6 Å². The molecule has 0 spiro atoms. The average Bonchev–Trinajstić information content (AvgIpc) is 2.67. The number of primary amides is 1. The Hall–Kier alpha value is -2.33. The Balaban J connectivity index is 1.78. The van der Waals surface area contributed by atoms with Crippen LogP contribution in [0.15, 0.2) is 54.6 Å². The van der Waals surface area contributed by atoms with Crippen LogP contribution in [0.1, 0.15) is 36.3 Å². The highest BCUT2D eigenvalue weighted by Crippen LogP contribution is 2.33. The van der Waals surface area contributed by atoms with E-state index < -0.39 is 0 Å². The molecule has 0 saturated carbocycles. The molecule has 5 heteroatoms. The van der Waals surface area contributed by atoms with Crippen molar-refractivity contribution in [3.8, 4) is 0 Å². The molecule has 1 aliphatic rings. The van der Waals surface area contributed by atoms with Gasteiger partial charge >= 0.3 is 0 Å². The van der Waals surface area contributed by atoms with Gasteiger partial charge in [-0.15, -0.1) is 0 Å². The summed E-state index contributed by atoms with van der Waals surface area (Å²) < 4.78 is 0. The fourth-order valence-corrected chi connectivity index (χ4v) is 3.83. The van der Waals surface area contributed by atoms with Crippen LogP contribution in [-0.4, -0.2) is 29.8 Å². The summed E-state index contributed by atoms with van der Waals surface area (Å²) in [6.07, 6.45) is 1.64. The molecule has 0 aromatic heterocycles. The molecule has 0 bridgehead atoms. The van der Waals surface area contributed by atoms with Crippen molar-refractivity contribution in [2.24, 2.45) is 11.7 Å². The monoisotopic (exact) mass is 370 g/mol. The highest BCUT2D eigenvalue weighted by Gasteiger charge is 2.28. The van der Waals surface area contributed by atoms with E-state index >= 15 is 0 Å². The second kappa shape index (κ2) is 8.37. The highest BCUT2D eigenvalue weighted by molar-refractivity contribution is 6.31. The first kappa shape index (κ1) is 18.5. The predicted molar refractivity (Wildman–Crippen MR) is 103 cm³/mol. The average molecular weight is 371 g/mol. The van der Waals surface area contributed by atoms with Crippen LogP contribution in [0.4, 0.5) is 0 Å². The van der Waals surface area contributed by atoms with E-state index in [0.29, 0.717) is 37.4 Å². The number of halogens is 1. The largest absolute Gasteiger partial charge is 0.369 e. The molecule has 0 radical (unpaired) electrons. The van der Waals surface area contributed by atoms with Gasteiger partial charge in [0.2, 0.25) is 11.8 Å². The molecule has 1 fully saturated rings. The SMILES string of the molecule is NC(=O)C1CCN(C(=O)CC(c2ccccc2)c2ccccc2Cl)CC1. The van der Waals surface area contributed by atoms with E-state index in [-0.39, 0.29) is 23.7 Å². The molecule has 1 aliphatic heterocycles. The van der Waals surface area contributed by atoms with Crippen molar-refractivity contribution in [1.29, 1.82) is 0 Å². The van der Waals surface area contributed by atoms with E-state index in [0.717, 1.165) is 11.1 Å². The van der Waals surface area contributed by atoms with Gasteiger partial charge in [-0.05, 0) is 30.0 Å². The number of nitrogens with two attached hydrogens (primary N) is 1. The molecule has 2 amide bonds. The summed E-state index contributed by atoms with van der Waals surface area (Å²) in [5.74, 6) is -0.393. The third kappa shape index (κ3) is 4.25. The van der Waals surface area contributed by atoms with Gasteiger partial charge in [-0.3, -0.25) is 9.59 Å². The lowest BCUT2D eigenvalue weighted by Crippen LogP contribution is -2.42. The maximum absolute atomic E-state index is 12.9. The van der Waals surface area contributed by atoms with Crippen molar-refractivity contribution in [3.05, 3.63) is 70.7 Å². The third-order valence-electron chi connectivity index (χ3n) is 5.11. The summed E-state index contributed by atoms with van der Waals surface area (Å²) in [5, 5.41) is 0.668. The van der Waals surface area contributed by atoms with Crippen LogP contribution in [0.25, 0.3) is 0 Å². The first-order valence-corrected chi connectivity index (χ1v) is 9.30. The second-order valence-corrected chi connectivity index (χ2v) is 7.15. The van der Waals surface area contributed by atoms with Crippen LogP contribution < -0.4 is 5.73 Å². The molecule has 136 valence electrons. The predicted octanol–water partition coefficient (Wildman–Crippen LogP) is 3.59. The van der Waals surface area contributed by atoms with Crippen LogP contribution >= 0.6 is 11.6 Å². The van der Waals surface area contributed by atoms with E-state index in [9.17, 15) is 9.59 Å². The van der Waals surface area contributed by atoms with Crippen LogP contribution in [0.5, 0.6) is 0 Å². The molecule has 2 N–H and O–H groups in total. The lowest BCUT2D eigenvalue weighted by atomic mass is 9.87. The van der Waals surface area contributed by atoms with Gasteiger partial charge in [0.1, 0.15) is 0 Å². The zero-order valence-corrected chi connectivity index (χ0v) is 15.4. The van der Waals surface area contributed by atoms with Gasteiger partial charge in [0, 0.05) is 36.4 Å². The zero-order chi connectivity index (χ0) is 18.5. The molecule has 1 heterocycles. The Morgan fingerprint density at radius 3 is 2.27 bits per heavy atom. The van der Waals surface area contributed by atoms with E-state index in [4.69, 9.17) is 17.3 Å². The number of rotatable bonds is 5. The number of carbonyl (C=O) groups excluding carboxylic acids is 2. The topological polar surface area (TPSA) is 63.4 Å². The van der Waals surface area contributed by atoms with Gasteiger partial charge in [0.25, 0.3) is 0 Å². The quantitative estimate of drug-likeness (QED) is 0.874. The molecule has 1 atom stereocenters. The molecule has 2 aromatic carbocycles. The van der Waals surface area contributed by atoms with Crippen molar-refractivity contribution in [3.63, 3.8) is 0 Å². The summed E-state index contributed by atoms with van der Waals surface area (Å²) in [4.78, 5) is 26.1. The van der Waals surface area contributed by atoms with Crippen LogP contribution in [0, 0.1) is 5.92 Å². The number of piperidine rings is 1. The Morgan fingerprint density at radius 1 is 1.04 bits per heavy atom. The molecule has 1 saturated heterocycles. The minimum Gasteiger partial charge on any atom is -0.369 e. The minimum absolute atomic E-state index is 0.0849. The van der Waals surface area contributed by atoms with Crippen molar-refractivity contribution < 1.29 is 9.59 Å². The van der Waals surface area contributed by atoms with Crippen LogP contribution in [0.2, 0.25) is 5.02 Å². The van der Waals surface area contributed by atoms with E-state index in [2.05, 4.69) is 0 Å². The maximum atomic E-state index is 12.9. The van der Waals surface area contributed by atoms with Gasteiger partial charge in [-0.1, -0.05) is 60.1 Å². The van der Waals surface area contributed by atoms with Crippen molar-refractivity contribution >= 4 is 23.4 Å². The number of likely N-dealkylation sites (tertiary alicyclic amines) is 1. The standard InChI is InChI=1S/C21H23ClN2O2/c22-19-9-5-4-8-17(19)18(15-6-2-1-3-7-15)14-20(25)24-12-10-16(11-13-24)21(23)26/h1-9,16,18H,10-14H2,(H2,23,26). The molecular weight excluding hydrogens is 348 g/mol. The molecule has 2 aromatic rings. The molecular formula is C21H23ClN2O2. The number of carbonyl (C=O) groups is 2. The Bertz CT molecular complexity index is 771. The zero-order valence-electron chi connectivity index (χ0n) is 14.6. The number of amides is 2. The Labute approximate surface area is 158 Å². The van der Waals surface area contributed by atoms with Crippen molar-refractivity contribution in [1.82, 2.24) is 4.90 Å². The lowest BCUT2D eigenvalue weighted by molar-refractivity contribution is -0.135. The summed E-state index contributed by atoms with van der Waals surface area (Å²) in [6, 6.07) is 17.6. The smallest absolute Gasteiger partial charge is 0.223 e. The number of nitrogens with zero attached hydrogens (tertiary/aromatic N) is 1.